The molecule has 1 saturated heterocycles. The predicted octanol–water partition coefficient (Wildman–Crippen LogP) is 1.67. The van der Waals surface area contributed by atoms with Crippen LogP contribution in [0, 0.1) is 0 Å². The fourth-order valence-corrected chi connectivity index (χ4v) is 1.55. The lowest BCUT2D eigenvalue weighted by molar-refractivity contribution is 0.0532. The van der Waals surface area contributed by atoms with Gasteiger partial charge in [0.15, 0.2) is 0 Å². The van der Waals surface area contributed by atoms with E-state index >= 15 is 0 Å². The van der Waals surface area contributed by atoms with Crippen LogP contribution in [0.15, 0.2) is 40.8 Å². The highest BCUT2D eigenvalue weighted by Gasteiger charge is 2.12. The van der Waals surface area contributed by atoms with Gasteiger partial charge in [-0.25, -0.2) is 4.99 Å². The second kappa shape index (κ2) is 6.91. The van der Waals surface area contributed by atoms with E-state index in [1.807, 2.05) is 19.9 Å². The van der Waals surface area contributed by atoms with Crippen LogP contribution >= 0.6 is 0 Å². The molecular weight excluding hydrogens is 214 g/mol. The first-order valence-electron chi connectivity index (χ1n) is 5.77. The summed E-state index contributed by atoms with van der Waals surface area (Å²) >= 11 is 0. The summed E-state index contributed by atoms with van der Waals surface area (Å²) in [5.74, 6) is 0.559. The lowest BCUT2D eigenvalue weighted by atomic mass is 10.3. The first-order valence-corrected chi connectivity index (χ1v) is 5.77. The molecular formula is C13H21N3O. The average Bonchev–Trinajstić information content (AvgIpc) is 2.36. The van der Waals surface area contributed by atoms with Crippen LogP contribution in [-0.4, -0.2) is 37.4 Å². The summed E-state index contributed by atoms with van der Waals surface area (Å²) in [6.45, 7) is 10.8. The van der Waals surface area contributed by atoms with Gasteiger partial charge in [0.05, 0.1) is 18.9 Å². The van der Waals surface area contributed by atoms with Gasteiger partial charge in [-0.1, -0.05) is 18.7 Å². The van der Waals surface area contributed by atoms with Crippen LogP contribution in [-0.2, 0) is 4.74 Å². The zero-order chi connectivity index (χ0) is 12.7. The highest BCUT2D eigenvalue weighted by atomic mass is 16.5. The maximum absolute atomic E-state index is 5.94. The Bertz CT molecular complexity index is 350. The van der Waals surface area contributed by atoms with E-state index in [0.717, 1.165) is 37.6 Å². The van der Waals surface area contributed by atoms with Crippen LogP contribution in [0.25, 0.3) is 0 Å². The van der Waals surface area contributed by atoms with Gasteiger partial charge < -0.3 is 15.4 Å². The molecule has 2 N–H and O–H groups in total. The van der Waals surface area contributed by atoms with Gasteiger partial charge in [-0.05, 0) is 19.4 Å². The topological polar surface area (TPSA) is 50.8 Å². The average molecular weight is 235 g/mol. The fourth-order valence-electron chi connectivity index (χ4n) is 1.55. The SMILES string of the molecule is C=C/C=C(C)/C=N\C(N)=C(/C)N1CCOCC1. The van der Waals surface area contributed by atoms with Crippen molar-refractivity contribution in [3.8, 4) is 0 Å². The van der Waals surface area contributed by atoms with E-state index in [2.05, 4.69) is 16.5 Å². The lowest BCUT2D eigenvalue weighted by Gasteiger charge is -2.29. The Balaban J connectivity index is 2.68. The van der Waals surface area contributed by atoms with Crippen molar-refractivity contribution in [2.45, 2.75) is 13.8 Å². The van der Waals surface area contributed by atoms with Crippen LogP contribution in [0.4, 0.5) is 0 Å². The van der Waals surface area contributed by atoms with E-state index in [1.165, 1.54) is 0 Å². The molecule has 4 heteroatoms. The number of morpholine rings is 1. The molecule has 4 nitrogen and oxygen atoms in total. The number of nitrogens with two attached hydrogens (primary N) is 1. The number of hydrogen-bond acceptors (Lipinski definition) is 4. The first kappa shape index (κ1) is 13.5. The molecule has 0 unspecified atom stereocenters. The Morgan fingerprint density at radius 2 is 2.00 bits per heavy atom. The molecule has 1 heterocycles. The second-order valence-electron chi connectivity index (χ2n) is 3.97. The molecule has 0 atom stereocenters. The second-order valence-corrected chi connectivity index (χ2v) is 3.97. The van der Waals surface area contributed by atoms with Gasteiger partial charge in [0.2, 0.25) is 0 Å². The molecule has 1 fully saturated rings. The van der Waals surface area contributed by atoms with E-state index in [0.29, 0.717) is 5.82 Å². The molecule has 0 amide bonds. The molecule has 1 aliphatic rings. The van der Waals surface area contributed by atoms with Crippen molar-refractivity contribution in [2.24, 2.45) is 10.7 Å². The summed E-state index contributed by atoms with van der Waals surface area (Å²) in [5.41, 5.74) is 7.97. The molecule has 17 heavy (non-hydrogen) atoms. The minimum absolute atomic E-state index is 0.559. The number of aliphatic imine (C=N–C) groups is 1. The molecule has 1 aliphatic heterocycles. The molecule has 0 saturated carbocycles. The maximum atomic E-state index is 5.94. The lowest BCUT2D eigenvalue weighted by Crippen LogP contribution is -2.35. The zero-order valence-corrected chi connectivity index (χ0v) is 10.6. The van der Waals surface area contributed by atoms with Gasteiger partial charge in [0.25, 0.3) is 0 Å². The largest absolute Gasteiger partial charge is 0.382 e. The molecule has 0 bridgehead atoms. The molecule has 0 aromatic carbocycles. The van der Waals surface area contributed by atoms with Crippen LogP contribution in [0.1, 0.15) is 13.8 Å². The Hall–Kier alpha value is -1.55. The Morgan fingerprint density at radius 1 is 1.35 bits per heavy atom. The summed E-state index contributed by atoms with van der Waals surface area (Å²) < 4.78 is 5.30. The smallest absolute Gasteiger partial charge is 0.142 e. The molecule has 94 valence electrons. The highest BCUT2D eigenvalue weighted by molar-refractivity contribution is 5.78. The number of hydrogen-bond donors (Lipinski definition) is 1. The Kier molecular flexibility index (Phi) is 5.49. The van der Waals surface area contributed by atoms with Crippen molar-refractivity contribution >= 4 is 6.21 Å². The summed E-state index contributed by atoms with van der Waals surface area (Å²) in [6.07, 6.45) is 5.37. The molecule has 0 aliphatic carbocycles. The molecule has 0 radical (unpaired) electrons. The van der Waals surface area contributed by atoms with E-state index < -0.39 is 0 Å². The highest BCUT2D eigenvalue weighted by Crippen LogP contribution is 2.09. The monoisotopic (exact) mass is 235 g/mol. The summed E-state index contributed by atoms with van der Waals surface area (Å²) in [7, 11) is 0. The summed E-state index contributed by atoms with van der Waals surface area (Å²) in [4.78, 5) is 6.45. The van der Waals surface area contributed by atoms with Gasteiger partial charge in [-0.3, -0.25) is 0 Å². The number of nitrogens with zero attached hydrogens (tertiary/aromatic N) is 2. The van der Waals surface area contributed by atoms with E-state index in [1.54, 1.807) is 12.3 Å². The Morgan fingerprint density at radius 3 is 2.59 bits per heavy atom. The third kappa shape index (κ3) is 4.44. The standard InChI is InChI=1S/C13H21N3O/c1-4-5-11(2)10-15-13(14)12(3)16-6-8-17-9-7-16/h4-5,10H,1,6-9,14H2,2-3H3/b11-5+,13-12+,15-10-. The molecule has 1 rings (SSSR count). The molecule has 0 aromatic heterocycles. The normalized spacial score (nSPS) is 19.4. The van der Waals surface area contributed by atoms with E-state index in [-0.39, 0.29) is 0 Å². The summed E-state index contributed by atoms with van der Waals surface area (Å²) in [5, 5.41) is 0. The fraction of sp³-hybridized carbons (Fsp3) is 0.462. The molecule has 0 spiro atoms. The third-order valence-electron chi connectivity index (χ3n) is 2.64. The van der Waals surface area contributed by atoms with Gasteiger partial charge in [0.1, 0.15) is 5.82 Å². The van der Waals surface area contributed by atoms with Gasteiger partial charge in [-0.2, -0.15) is 0 Å². The van der Waals surface area contributed by atoms with Crippen LogP contribution in [0.2, 0.25) is 0 Å². The van der Waals surface area contributed by atoms with Crippen LogP contribution in [0.5, 0.6) is 0 Å². The van der Waals surface area contributed by atoms with Crippen LogP contribution < -0.4 is 5.73 Å². The van der Waals surface area contributed by atoms with Crippen molar-refractivity contribution in [2.75, 3.05) is 26.3 Å². The van der Waals surface area contributed by atoms with Gasteiger partial charge in [0, 0.05) is 19.3 Å². The van der Waals surface area contributed by atoms with Crippen molar-refractivity contribution in [3.63, 3.8) is 0 Å². The van der Waals surface area contributed by atoms with Crippen molar-refractivity contribution in [1.29, 1.82) is 0 Å². The first-order chi connectivity index (χ1) is 8.15. The number of allylic oxidation sites excluding steroid dienone is 4. The molecule has 0 aromatic rings. The third-order valence-corrected chi connectivity index (χ3v) is 2.64. The predicted molar refractivity (Wildman–Crippen MR) is 71.7 cm³/mol. The van der Waals surface area contributed by atoms with Crippen molar-refractivity contribution in [3.05, 3.63) is 35.8 Å². The Labute approximate surface area is 103 Å². The van der Waals surface area contributed by atoms with Gasteiger partial charge >= 0.3 is 0 Å². The summed E-state index contributed by atoms with van der Waals surface area (Å²) in [6, 6.07) is 0. The van der Waals surface area contributed by atoms with E-state index in [9.17, 15) is 0 Å². The zero-order valence-electron chi connectivity index (χ0n) is 10.6. The van der Waals surface area contributed by atoms with Gasteiger partial charge in [-0.15, -0.1) is 0 Å². The quantitative estimate of drug-likeness (QED) is 0.595. The number of ether oxygens (including phenoxy) is 1. The van der Waals surface area contributed by atoms with Crippen molar-refractivity contribution in [1.82, 2.24) is 4.90 Å². The van der Waals surface area contributed by atoms with Crippen LogP contribution in [0.3, 0.4) is 0 Å². The maximum Gasteiger partial charge on any atom is 0.142 e. The minimum atomic E-state index is 0.559. The van der Waals surface area contributed by atoms with Crippen molar-refractivity contribution < 1.29 is 4.74 Å². The minimum Gasteiger partial charge on any atom is -0.382 e. The van der Waals surface area contributed by atoms with E-state index in [4.69, 9.17) is 10.5 Å². The number of rotatable bonds is 4.